The number of benzene rings is 1. The van der Waals surface area contributed by atoms with Gasteiger partial charge in [-0.1, -0.05) is 5.92 Å². The van der Waals surface area contributed by atoms with Crippen LogP contribution < -0.4 is 5.73 Å². The van der Waals surface area contributed by atoms with Gasteiger partial charge >= 0.3 is 0 Å². The molecule has 3 aliphatic carbocycles. The molecule has 9 heteroatoms. The summed E-state index contributed by atoms with van der Waals surface area (Å²) in [7, 11) is 3.11. The predicted octanol–water partition coefficient (Wildman–Crippen LogP) is 0.335. The highest BCUT2D eigenvalue weighted by molar-refractivity contribution is 6.24. The third kappa shape index (κ3) is 2.91. The number of likely N-dealkylation sites (N-methyl/N-ethyl adjacent to an activating group) is 1. The van der Waals surface area contributed by atoms with E-state index in [0.717, 1.165) is 0 Å². The van der Waals surface area contributed by atoms with Crippen molar-refractivity contribution in [3.8, 4) is 17.6 Å². The number of carbonyl (C=O) groups is 3. The van der Waals surface area contributed by atoms with Crippen LogP contribution in [0.4, 0.5) is 0 Å². The van der Waals surface area contributed by atoms with Crippen LogP contribution in [0.15, 0.2) is 29.0 Å². The number of hydrogen-bond acceptors (Lipinski definition) is 8. The Bertz CT molecular complexity index is 1250. The van der Waals surface area contributed by atoms with E-state index in [1.807, 2.05) is 0 Å². The van der Waals surface area contributed by atoms with Crippen LogP contribution in [0.3, 0.4) is 0 Å². The number of phenolic OH excluding ortho intramolecular Hbond substituents is 1. The minimum Gasteiger partial charge on any atom is -0.508 e. The molecule has 4 rings (SSSR count). The Morgan fingerprint density at radius 1 is 1.21 bits per heavy atom. The highest BCUT2D eigenvalue weighted by Crippen LogP contribution is 2.52. The molecule has 9 nitrogen and oxygen atoms in total. The number of ketones is 2. The van der Waals surface area contributed by atoms with Crippen LogP contribution in [0.2, 0.25) is 0 Å². The van der Waals surface area contributed by atoms with Gasteiger partial charge in [0.1, 0.15) is 22.8 Å². The predicted molar refractivity (Wildman–Crippen MR) is 117 cm³/mol. The average molecular weight is 452 g/mol. The van der Waals surface area contributed by atoms with Crippen LogP contribution in [-0.2, 0) is 20.8 Å². The SMILES string of the molecule is CC#Cc1ccc(O)c2c1C[C@H]1C[C@H]3C(N(C)C)C(=O)C(C(N)=O)=C(O)[C@@]3(O)C(=O)C1=C2O. The fourth-order valence-electron chi connectivity index (χ4n) is 5.50. The van der Waals surface area contributed by atoms with E-state index < -0.39 is 58.0 Å². The molecule has 33 heavy (non-hydrogen) atoms. The molecular formula is C24H24N2O7. The molecule has 0 saturated heterocycles. The molecule has 1 amide bonds. The molecule has 1 aromatic carbocycles. The number of carbonyl (C=O) groups excluding carboxylic acids is 3. The van der Waals surface area contributed by atoms with E-state index in [2.05, 4.69) is 11.8 Å². The zero-order valence-corrected chi connectivity index (χ0v) is 18.3. The number of nitrogens with two attached hydrogens (primary N) is 1. The molecule has 1 saturated carbocycles. The summed E-state index contributed by atoms with van der Waals surface area (Å²) in [4.78, 5) is 40.1. The lowest BCUT2D eigenvalue weighted by atomic mass is 9.57. The van der Waals surface area contributed by atoms with Gasteiger partial charge in [-0.25, -0.2) is 0 Å². The lowest BCUT2D eigenvalue weighted by Gasteiger charge is -2.50. The lowest BCUT2D eigenvalue weighted by Crippen LogP contribution is -2.65. The highest BCUT2D eigenvalue weighted by Gasteiger charge is 2.64. The number of fused-ring (bicyclic) bond motifs is 3. The maximum atomic E-state index is 13.7. The summed E-state index contributed by atoms with van der Waals surface area (Å²) in [5.74, 6) is -0.991. The molecule has 1 fully saturated rings. The largest absolute Gasteiger partial charge is 0.508 e. The van der Waals surface area contributed by atoms with Crippen LogP contribution in [0.5, 0.6) is 5.75 Å². The van der Waals surface area contributed by atoms with E-state index in [1.165, 1.54) is 11.0 Å². The Hall–Kier alpha value is -3.61. The van der Waals surface area contributed by atoms with E-state index in [9.17, 15) is 34.8 Å². The molecule has 0 aromatic heterocycles. The molecule has 0 aliphatic heterocycles. The van der Waals surface area contributed by atoms with E-state index in [0.29, 0.717) is 11.1 Å². The monoisotopic (exact) mass is 452 g/mol. The number of amides is 1. The number of primary amides is 1. The molecule has 0 radical (unpaired) electrons. The molecular weight excluding hydrogens is 428 g/mol. The molecule has 172 valence electrons. The first-order valence-corrected chi connectivity index (χ1v) is 10.4. The van der Waals surface area contributed by atoms with Gasteiger partial charge in [0, 0.05) is 17.1 Å². The highest BCUT2D eigenvalue weighted by atomic mass is 16.3. The maximum absolute atomic E-state index is 13.7. The van der Waals surface area contributed by atoms with E-state index in [-0.39, 0.29) is 29.7 Å². The maximum Gasteiger partial charge on any atom is 0.255 e. The standard InChI is InChI=1S/C24H24N2O7/c1-4-5-10-6-7-14(27)16-12(10)8-11-9-13-18(26(2)3)20(29)17(23(25)32)22(31)24(13,33)21(30)15(11)19(16)28/h6-7,11,13,18,27-28,31,33H,8-9H2,1-3H3,(H2,25,32)/t11-,13-,18?,24-/m0/s1. The van der Waals surface area contributed by atoms with Crippen molar-refractivity contribution in [2.75, 3.05) is 14.1 Å². The number of hydrogen-bond donors (Lipinski definition) is 5. The van der Waals surface area contributed by atoms with Crippen molar-refractivity contribution in [3.05, 3.63) is 45.7 Å². The Morgan fingerprint density at radius 3 is 2.45 bits per heavy atom. The van der Waals surface area contributed by atoms with Crippen molar-refractivity contribution < 1.29 is 34.8 Å². The summed E-state index contributed by atoms with van der Waals surface area (Å²) in [6.07, 6.45) is 0.257. The second-order valence-electron chi connectivity index (χ2n) is 8.82. The van der Waals surface area contributed by atoms with Crippen molar-refractivity contribution in [2.45, 2.75) is 31.4 Å². The number of Topliss-reactive ketones (excluding diaryl/α,β-unsaturated/α-hetero) is 2. The van der Waals surface area contributed by atoms with Crippen molar-refractivity contribution in [1.29, 1.82) is 0 Å². The van der Waals surface area contributed by atoms with Crippen LogP contribution >= 0.6 is 0 Å². The number of phenols is 1. The lowest BCUT2D eigenvalue weighted by molar-refractivity contribution is -0.153. The summed E-state index contributed by atoms with van der Waals surface area (Å²) in [6.45, 7) is 1.65. The Balaban J connectivity index is 2.00. The van der Waals surface area contributed by atoms with E-state index in [4.69, 9.17) is 5.73 Å². The summed E-state index contributed by atoms with van der Waals surface area (Å²) in [6, 6.07) is 1.86. The Labute approximate surface area is 189 Å². The molecule has 3 aliphatic rings. The molecule has 4 atom stereocenters. The van der Waals surface area contributed by atoms with Gasteiger partial charge in [0.15, 0.2) is 11.4 Å². The zero-order valence-electron chi connectivity index (χ0n) is 18.3. The Kier molecular flexibility index (Phi) is 5.11. The normalized spacial score (nSPS) is 28.7. The molecule has 6 N–H and O–H groups in total. The van der Waals surface area contributed by atoms with Gasteiger partial charge in [0.05, 0.1) is 11.6 Å². The van der Waals surface area contributed by atoms with Crippen LogP contribution in [0.1, 0.15) is 30.0 Å². The first-order chi connectivity index (χ1) is 15.5. The fourth-order valence-corrected chi connectivity index (χ4v) is 5.50. The summed E-state index contributed by atoms with van der Waals surface area (Å²) >= 11 is 0. The quantitative estimate of drug-likeness (QED) is 0.317. The summed E-state index contributed by atoms with van der Waals surface area (Å²) < 4.78 is 0. The second-order valence-corrected chi connectivity index (χ2v) is 8.82. The van der Waals surface area contributed by atoms with Gasteiger partial charge in [0.25, 0.3) is 5.91 Å². The zero-order chi connectivity index (χ0) is 24.4. The third-order valence-corrected chi connectivity index (χ3v) is 6.86. The second kappa shape index (κ2) is 7.47. The smallest absolute Gasteiger partial charge is 0.255 e. The first-order valence-electron chi connectivity index (χ1n) is 10.4. The van der Waals surface area contributed by atoms with Crippen LogP contribution in [0, 0.1) is 23.7 Å². The number of aliphatic hydroxyl groups excluding tert-OH is 2. The van der Waals surface area contributed by atoms with Gasteiger partial charge in [-0.3, -0.25) is 19.3 Å². The first kappa shape index (κ1) is 22.6. The molecule has 0 spiro atoms. The molecule has 1 aromatic rings. The van der Waals surface area contributed by atoms with Gasteiger partial charge in [-0.15, -0.1) is 5.92 Å². The van der Waals surface area contributed by atoms with Crippen molar-refractivity contribution in [2.24, 2.45) is 17.6 Å². The van der Waals surface area contributed by atoms with Crippen molar-refractivity contribution in [1.82, 2.24) is 4.90 Å². The minimum absolute atomic E-state index is 0.0338. The van der Waals surface area contributed by atoms with Crippen LogP contribution in [-0.4, -0.2) is 68.5 Å². The van der Waals surface area contributed by atoms with E-state index in [1.54, 1.807) is 27.1 Å². The summed E-state index contributed by atoms with van der Waals surface area (Å²) in [5.41, 5.74) is 2.81. The number of aliphatic hydroxyl groups is 3. The number of nitrogens with zero attached hydrogens (tertiary/aromatic N) is 1. The fraction of sp³-hybridized carbons (Fsp3) is 0.375. The Morgan fingerprint density at radius 2 is 1.88 bits per heavy atom. The molecule has 0 bridgehead atoms. The van der Waals surface area contributed by atoms with Gasteiger partial charge in [-0.05, 0) is 57.5 Å². The van der Waals surface area contributed by atoms with Gasteiger partial charge < -0.3 is 26.2 Å². The average Bonchev–Trinajstić information content (AvgIpc) is 2.72. The van der Waals surface area contributed by atoms with Gasteiger partial charge in [-0.2, -0.15) is 0 Å². The van der Waals surface area contributed by atoms with Crippen molar-refractivity contribution >= 4 is 23.2 Å². The molecule has 0 heterocycles. The number of rotatable bonds is 2. The third-order valence-electron chi connectivity index (χ3n) is 6.86. The molecule has 1 unspecified atom stereocenters. The van der Waals surface area contributed by atoms with E-state index >= 15 is 0 Å². The van der Waals surface area contributed by atoms with Gasteiger partial charge in [0.2, 0.25) is 5.78 Å². The minimum atomic E-state index is -2.64. The number of aromatic hydroxyl groups is 1. The van der Waals surface area contributed by atoms with Crippen molar-refractivity contribution in [3.63, 3.8) is 0 Å². The van der Waals surface area contributed by atoms with Crippen LogP contribution in [0.25, 0.3) is 5.76 Å². The summed E-state index contributed by atoms with van der Waals surface area (Å²) in [5, 5.41) is 43.8. The topological polar surface area (TPSA) is 161 Å².